The molecule has 0 saturated carbocycles. The normalized spacial score (nSPS) is 13.1. The molecule has 102 valence electrons. The van der Waals surface area contributed by atoms with Gasteiger partial charge in [-0.2, -0.15) is 0 Å². The van der Waals surface area contributed by atoms with Crippen LogP contribution in [0.15, 0.2) is 0 Å². The molecule has 0 rings (SSSR count). The van der Waals surface area contributed by atoms with Crippen LogP contribution in [0, 0.1) is 0 Å². The number of nitrogens with two attached hydrogens (primary N) is 1. The largest absolute Gasteiger partial charge is 0.468 e. The number of ether oxygens (including phenoxy) is 1. The maximum atomic E-state index is 11.2. The molecule has 1 unspecified atom stereocenters. The van der Waals surface area contributed by atoms with Crippen LogP contribution in [0.2, 0.25) is 0 Å². The van der Waals surface area contributed by atoms with Crippen molar-refractivity contribution in [2.75, 3.05) is 47.4 Å². The third kappa shape index (κ3) is 8.12. The number of hydrogen-bond acceptors (Lipinski definition) is 5. The van der Waals surface area contributed by atoms with Gasteiger partial charge in [-0.1, -0.05) is 6.92 Å². The van der Waals surface area contributed by atoms with E-state index in [9.17, 15) is 4.79 Å². The molecular formula is C12H27N3O2. The summed E-state index contributed by atoms with van der Waals surface area (Å²) < 4.78 is 4.61. The number of esters is 1. The minimum atomic E-state index is -0.501. The van der Waals surface area contributed by atoms with Gasteiger partial charge in [0.05, 0.1) is 7.11 Å². The summed E-state index contributed by atoms with van der Waals surface area (Å²) in [6, 6.07) is -0.501. The molecule has 5 heteroatoms. The van der Waals surface area contributed by atoms with Crippen LogP contribution >= 0.6 is 0 Å². The van der Waals surface area contributed by atoms with E-state index < -0.39 is 6.04 Å². The number of rotatable bonds is 9. The number of likely N-dealkylation sites (N-methyl/N-ethyl adjacent to an activating group) is 1. The third-order valence-electron chi connectivity index (χ3n) is 2.66. The Morgan fingerprint density at radius 2 is 1.88 bits per heavy atom. The molecule has 0 aliphatic rings. The van der Waals surface area contributed by atoms with Crippen molar-refractivity contribution in [1.82, 2.24) is 9.80 Å². The Kier molecular flexibility index (Phi) is 9.03. The second-order valence-corrected chi connectivity index (χ2v) is 4.56. The maximum absolute atomic E-state index is 11.2. The van der Waals surface area contributed by atoms with E-state index in [2.05, 4.69) is 35.6 Å². The molecule has 0 spiro atoms. The summed E-state index contributed by atoms with van der Waals surface area (Å²) in [5.41, 5.74) is 5.72. The van der Waals surface area contributed by atoms with Crippen LogP contribution < -0.4 is 5.73 Å². The van der Waals surface area contributed by atoms with Crippen molar-refractivity contribution >= 4 is 5.97 Å². The fraction of sp³-hybridized carbons (Fsp3) is 0.917. The van der Waals surface area contributed by atoms with E-state index in [1.807, 2.05) is 0 Å². The monoisotopic (exact) mass is 245 g/mol. The number of hydrogen-bond donors (Lipinski definition) is 1. The van der Waals surface area contributed by atoms with E-state index in [1.165, 1.54) is 7.11 Å². The average molecular weight is 245 g/mol. The highest BCUT2D eigenvalue weighted by Crippen LogP contribution is 1.98. The first kappa shape index (κ1) is 16.4. The number of methoxy groups -OCH3 is 1. The minimum absolute atomic E-state index is 0.325. The van der Waals surface area contributed by atoms with E-state index in [4.69, 9.17) is 5.73 Å². The van der Waals surface area contributed by atoms with Crippen molar-refractivity contribution in [2.24, 2.45) is 5.73 Å². The zero-order chi connectivity index (χ0) is 13.3. The van der Waals surface area contributed by atoms with Gasteiger partial charge >= 0.3 is 5.97 Å². The molecule has 0 heterocycles. The molecular weight excluding hydrogens is 218 g/mol. The molecule has 2 N–H and O–H groups in total. The smallest absolute Gasteiger partial charge is 0.322 e. The molecule has 0 aliphatic heterocycles. The predicted octanol–water partition coefficient (Wildman–Crippen LogP) is 0.150. The van der Waals surface area contributed by atoms with Crippen LogP contribution in [-0.2, 0) is 9.53 Å². The van der Waals surface area contributed by atoms with Gasteiger partial charge in [0.1, 0.15) is 6.04 Å². The van der Waals surface area contributed by atoms with Gasteiger partial charge in [0.2, 0.25) is 0 Å². The van der Waals surface area contributed by atoms with E-state index in [0.29, 0.717) is 6.42 Å². The number of carbonyl (C=O) groups excluding carboxylic acids is 1. The van der Waals surface area contributed by atoms with Crippen molar-refractivity contribution in [3.63, 3.8) is 0 Å². The lowest BCUT2D eigenvalue weighted by Crippen LogP contribution is -2.38. The molecule has 0 amide bonds. The van der Waals surface area contributed by atoms with Gasteiger partial charge in [-0.15, -0.1) is 0 Å². The van der Waals surface area contributed by atoms with Crippen LogP contribution in [0.5, 0.6) is 0 Å². The van der Waals surface area contributed by atoms with Crippen molar-refractivity contribution < 1.29 is 9.53 Å². The van der Waals surface area contributed by atoms with Crippen LogP contribution in [0.25, 0.3) is 0 Å². The molecule has 0 aromatic rings. The highest BCUT2D eigenvalue weighted by Gasteiger charge is 2.15. The lowest BCUT2D eigenvalue weighted by atomic mass is 10.2. The Hall–Kier alpha value is -0.650. The first-order chi connectivity index (χ1) is 8.01. The summed E-state index contributed by atoms with van der Waals surface area (Å²) in [4.78, 5) is 15.7. The van der Waals surface area contributed by atoms with Gasteiger partial charge in [0.25, 0.3) is 0 Å². The first-order valence-corrected chi connectivity index (χ1v) is 6.21. The van der Waals surface area contributed by atoms with E-state index in [0.717, 1.165) is 32.6 Å². The van der Waals surface area contributed by atoms with Gasteiger partial charge in [-0.05, 0) is 33.5 Å². The summed E-state index contributed by atoms with van der Waals surface area (Å²) in [6.07, 6.45) is 1.76. The minimum Gasteiger partial charge on any atom is -0.468 e. The Bertz CT molecular complexity index is 210. The first-order valence-electron chi connectivity index (χ1n) is 6.21. The molecule has 0 bridgehead atoms. The molecule has 0 aliphatic carbocycles. The van der Waals surface area contributed by atoms with Gasteiger partial charge in [0, 0.05) is 19.6 Å². The molecule has 0 aromatic carbocycles. The van der Waals surface area contributed by atoms with Gasteiger partial charge in [-0.25, -0.2) is 0 Å². The van der Waals surface area contributed by atoms with Crippen LogP contribution in [0.3, 0.4) is 0 Å². The molecule has 1 atom stereocenters. The fourth-order valence-corrected chi connectivity index (χ4v) is 1.58. The van der Waals surface area contributed by atoms with Gasteiger partial charge in [-0.3, -0.25) is 4.79 Å². The second-order valence-electron chi connectivity index (χ2n) is 4.56. The summed E-state index contributed by atoms with van der Waals surface area (Å²) >= 11 is 0. The third-order valence-corrected chi connectivity index (χ3v) is 2.66. The summed E-state index contributed by atoms with van der Waals surface area (Å²) in [5.74, 6) is -0.325. The van der Waals surface area contributed by atoms with E-state index >= 15 is 0 Å². The lowest BCUT2D eigenvalue weighted by molar-refractivity contribution is -0.142. The second kappa shape index (κ2) is 9.39. The Morgan fingerprint density at radius 1 is 1.24 bits per heavy atom. The fourth-order valence-electron chi connectivity index (χ4n) is 1.58. The predicted molar refractivity (Wildman–Crippen MR) is 69.9 cm³/mol. The van der Waals surface area contributed by atoms with Gasteiger partial charge in [0.15, 0.2) is 0 Å². The zero-order valence-corrected chi connectivity index (χ0v) is 11.6. The van der Waals surface area contributed by atoms with Crippen molar-refractivity contribution in [3.05, 3.63) is 0 Å². The molecule has 5 nitrogen and oxygen atoms in total. The number of carbonyl (C=O) groups is 1. The molecule has 0 radical (unpaired) electrons. The molecule has 0 saturated heterocycles. The van der Waals surface area contributed by atoms with Crippen molar-refractivity contribution in [3.8, 4) is 0 Å². The standard InChI is InChI=1S/C12H27N3O2/c1-5-7-15(10-9-14(2)3)8-6-11(13)12(16)17-4/h11H,5-10,13H2,1-4H3. The highest BCUT2D eigenvalue weighted by molar-refractivity contribution is 5.75. The topological polar surface area (TPSA) is 58.8 Å². The molecule has 0 aromatic heterocycles. The van der Waals surface area contributed by atoms with Gasteiger partial charge < -0.3 is 20.3 Å². The van der Waals surface area contributed by atoms with Crippen LogP contribution in [-0.4, -0.2) is 69.2 Å². The van der Waals surface area contributed by atoms with E-state index in [1.54, 1.807) is 0 Å². The Morgan fingerprint density at radius 3 is 2.35 bits per heavy atom. The Balaban J connectivity index is 3.94. The summed E-state index contributed by atoms with van der Waals surface area (Å²) in [6.45, 7) is 6.07. The SMILES string of the molecule is CCCN(CCC(N)C(=O)OC)CCN(C)C. The van der Waals surface area contributed by atoms with Crippen LogP contribution in [0.4, 0.5) is 0 Å². The Labute approximate surface area is 105 Å². The maximum Gasteiger partial charge on any atom is 0.322 e. The quantitative estimate of drug-likeness (QED) is 0.586. The highest BCUT2D eigenvalue weighted by atomic mass is 16.5. The summed E-state index contributed by atoms with van der Waals surface area (Å²) in [5, 5.41) is 0. The average Bonchev–Trinajstić information content (AvgIpc) is 2.31. The molecule has 0 fully saturated rings. The van der Waals surface area contributed by atoms with Crippen molar-refractivity contribution in [1.29, 1.82) is 0 Å². The van der Waals surface area contributed by atoms with Crippen molar-refractivity contribution in [2.45, 2.75) is 25.8 Å². The van der Waals surface area contributed by atoms with E-state index in [-0.39, 0.29) is 5.97 Å². The summed E-state index contributed by atoms with van der Waals surface area (Å²) in [7, 11) is 5.49. The molecule has 17 heavy (non-hydrogen) atoms. The number of nitrogens with zero attached hydrogens (tertiary/aromatic N) is 2. The lowest BCUT2D eigenvalue weighted by Gasteiger charge is -2.24. The zero-order valence-electron chi connectivity index (χ0n) is 11.6. The van der Waals surface area contributed by atoms with Crippen LogP contribution in [0.1, 0.15) is 19.8 Å².